The molecule has 1 unspecified atom stereocenters. The van der Waals surface area contributed by atoms with Crippen LogP contribution in [0.1, 0.15) is 10.4 Å². The smallest absolute Gasteiger partial charge is 0.124 e. The normalized spacial score (nSPS) is 12.6. The van der Waals surface area contributed by atoms with Gasteiger partial charge >= 0.3 is 0 Å². The summed E-state index contributed by atoms with van der Waals surface area (Å²) in [7, 11) is 0. The van der Waals surface area contributed by atoms with E-state index in [0.717, 1.165) is 10.4 Å². The topological polar surface area (TPSA) is 33.1 Å². The number of hydrogen-bond donors (Lipinski definition) is 1. The molecule has 2 nitrogen and oxygen atoms in total. The summed E-state index contributed by atoms with van der Waals surface area (Å²) in [5, 5.41) is 10.2. The Balaban J connectivity index is 2.00. The van der Waals surface area contributed by atoms with Crippen LogP contribution in [0.15, 0.2) is 29.9 Å². The van der Waals surface area contributed by atoms with Crippen molar-refractivity contribution >= 4 is 22.9 Å². The fourth-order valence-electron chi connectivity index (χ4n) is 1.59. The van der Waals surface area contributed by atoms with E-state index >= 15 is 0 Å². The minimum atomic E-state index is -0.529. The lowest BCUT2D eigenvalue weighted by Crippen LogP contribution is -2.13. The van der Waals surface area contributed by atoms with E-state index in [4.69, 9.17) is 11.6 Å². The van der Waals surface area contributed by atoms with Crippen LogP contribution in [0.3, 0.4) is 0 Å². The Kier molecular flexibility index (Phi) is 4.10. The Morgan fingerprint density at radius 3 is 2.88 bits per heavy atom. The number of halogens is 2. The summed E-state index contributed by atoms with van der Waals surface area (Å²) in [6.45, 7) is 0. The molecule has 0 saturated heterocycles. The van der Waals surface area contributed by atoms with Crippen LogP contribution >= 0.6 is 22.9 Å². The second-order valence-electron chi connectivity index (χ2n) is 3.77. The summed E-state index contributed by atoms with van der Waals surface area (Å²) in [4.78, 5) is 4.97. The summed E-state index contributed by atoms with van der Waals surface area (Å²) in [6, 6.07) is 4.21. The molecular formula is C12H11ClFNOS. The van der Waals surface area contributed by atoms with Crippen molar-refractivity contribution in [1.82, 2.24) is 4.98 Å². The molecule has 0 aliphatic carbocycles. The van der Waals surface area contributed by atoms with Gasteiger partial charge in [-0.1, -0.05) is 17.7 Å². The third-order valence-corrected chi connectivity index (χ3v) is 3.54. The predicted molar refractivity (Wildman–Crippen MR) is 66.9 cm³/mol. The molecule has 90 valence electrons. The lowest BCUT2D eigenvalue weighted by atomic mass is 10.1. The average Bonchev–Trinajstić information content (AvgIpc) is 2.75. The highest BCUT2D eigenvalue weighted by molar-refractivity contribution is 7.09. The van der Waals surface area contributed by atoms with E-state index in [9.17, 15) is 9.50 Å². The minimum Gasteiger partial charge on any atom is -0.392 e. The standard InChI is InChI=1S/C12H11ClFNOS/c13-12-4-9(14)2-1-8(12)3-10(16)5-11-6-15-7-17-11/h1-2,4,6-7,10,16H,3,5H2. The lowest BCUT2D eigenvalue weighted by molar-refractivity contribution is 0.176. The number of hydrogen-bond acceptors (Lipinski definition) is 3. The van der Waals surface area contributed by atoms with Crippen molar-refractivity contribution in [3.05, 3.63) is 51.2 Å². The minimum absolute atomic E-state index is 0.355. The van der Waals surface area contributed by atoms with Crippen molar-refractivity contribution in [2.24, 2.45) is 0 Å². The Bertz CT molecular complexity index is 489. The molecule has 0 fully saturated rings. The first kappa shape index (κ1) is 12.5. The number of benzene rings is 1. The SMILES string of the molecule is OC(Cc1cncs1)Cc1ccc(F)cc1Cl. The number of aliphatic hydroxyl groups excluding tert-OH is 1. The molecule has 1 aromatic heterocycles. The van der Waals surface area contributed by atoms with Crippen molar-refractivity contribution in [3.63, 3.8) is 0 Å². The molecule has 0 spiro atoms. The van der Waals surface area contributed by atoms with Crippen LogP contribution in [-0.4, -0.2) is 16.2 Å². The van der Waals surface area contributed by atoms with Gasteiger partial charge in [0.15, 0.2) is 0 Å². The first-order valence-electron chi connectivity index (χ1n) is 5.14. The van der Waals surface area contributed by atoms with Crippen molar-refractivity contribution in [3.8, 4) is 0 Å². The van der Waals surface area contributed by atoms with E-state index in [2.05, 4.69) is 4.98 Å². The van der Waals surface area contributed by atoms with Gasteiger partial charge in [-0.2, -0.15) is 0 Å². The van der Waals surface area contributed by atoms with Gasteiger partial charge < -0.3 is 5.11 Å². The summed E-state index contributed by atoms with van der Waals surface area (Å²) in [5.74, 6) is -0.365. The highest BCUT2D eigenvalue weighted by Crippen LogP contribution is 2.20. The summed E-state index contributed by atoms with van der Waals surface area (Å²) in [6.07, 6.45) is 2.16. The predicted octanol–water partition coefficient (Wildman–Crippen LogP) is 3.08. The molecule has 0 bridgehead atoms. The first-order valence-corrected chi connectivity index (χ1v) is 6.40. The molecule has 1 N–H and O–H groups in total. The van der Waals surface area contributed by atoms with Gasteiger partial charge in [-0.3, -0.25) is 4.98 Å². The molecule has 0 aliphatic heterocycles. The average molecular weight is 272 g/mol. The van der Waals surface area contributed by atoms with Gasteiger partial charge in [-0.25, -0.2) is 4.39 Å². The van der Waals surface area contributed by atoms with Gasteiger partial charge in [-0.05, 0) is 17.7 Å². The molecule has 17 heavy (non-hydrogen) atoms. The number of aromatic nitrogens is 1. The number of rotatable bonds is 4. The molecule has 1 atom stereocenters. The Morgan fingerprint density at radius 1 is 1.41 bits per heavy atom. The summed E-state index contributed by atoms with van der Waals surface area (Å²) >= 11 is 7.40. The molecule has 2 rings (SSSR count). The zero-order chi connectivity index (χ0) is 12.3. The van der Waals surface area contributed by atoms with Gasteiger partial charge in [0.2, 0.25) is 0 Å². The molecule has 2 aromatic rings. The molecule has 1 aromatic carbocycles. The van der Waals surface area contributed by atoms with Crippen LogP contribution in [0.25, 0.3) is 0 Å². The Labute approximate surface area is 108 Å². The first-order chi connectivity index (χ1) is 8.15. The van der Waals surface area contributed by atoms with Crippen molar-refractivity contribution in [2.75, 3.05) is 0 Å². The van der Waals surface area contributed by atoms with Crippen molar-refractivity contribution < 1.29 is 9.50 Å². The zero-order valence-electron chi connectivity index (χ0n) is 8.94. The maximum atomic E-state index is 12.8. The third kappa shape index (κ3) is 3.49. The third-order valence-electron chi connectivity index (χ3n) is 2.39. The molecule has 0 aliphatic rings. The van der Waals surface area contributed by atoms with Crippen LogP contribution in [0.2, 0.25) is 5.02 Å². The highest BCUT2D eigenvalue weighted by Gasteiger charge is 2.10. The lowest BCUT2D eigenvalue weighted by Gasteiger charge is -2.10. The van der Waals surface area contributed by atoms with Crippen LogP contribution < -0.4 is 0 Å². The Morgan fingerprint density at radius 2 is 2.24 bits per heavy atom. The van der Waals surface area contributed by atoms with E-state index in [1.807, 2.05) is 0 Å². The van der Waals surface area contributed by atoms with Gasteiger partial charge in [0.05, 0.1) is 11.6 Å². The van der Waals surface area contributed by atoms with Gasteiger partial charge in [0, 0.05) is 28.9 Å². The Hall–Kier alpha value is -0.970. The van der Waals surface area contributed by atoms with E-state index in [1.54, 1.807) is 17.8 Å². The van der Waals surface area contributed by atoms with Crippen LogP contribution in [0.4, 0.5) is 4.39 Å². The van der Waals surface area contributed by atoms with Gasteiger partial charge in [0.1, 0.15) is 5.82 Å². The largest absolute Gasteiger partial charge is 0.392 e. The van der Waals surface area contributed by atoms with Gasteiger partial charge in [0.25, 0.3) is 0 Å². The number of aliphatic hydroxyl groups is 1. The van der Waals surface area contributed by atoms with E-state index in [0.29, 0.717) is 17.9 Å². The fourth-order valence-corrected chi connectivity index (χ4v) is 2.50. The quantitative estimate of drug-likeness (QED) is 0.927. The fraction of sp³-hybridized carbons (Fsp3) is 0.250. The molecule has 1 heterocycles. The number of nitrogens with zero attached hydrogens (tertiary/aromatic N) is 1. The molecule has 0 amide bonds. The van der Waals surface area contributed by atoms with E-state index in [1.165, 1.54) is 23.5 Å². The van der Waals surface area contributed by atoms with E-state index < -0.39 is 6.10 Å². The zero-order valence-corrected chi connectivity index (χ0v) is 10.5. The monoisotopic (exact) mass is 271 g/mol. The second kappa shape index (κ2) is 5.58. The summed E-state index contributed by atoms with van der Waals surface area (Å²) < 4.78 is 12.8. The molecule has 0 saturated carbocycles. The molecule has 0 radical (unpaired) electrons. The maximum absolute atomic E-state index is 12.8. The molecule has 5 heteroatoms. The number of thiazole rings is 1. The van der Waals surface area contributed by atoms with Crippen LogP contribution in [-0.2, 0) is 12.8 Å². The van der Waals surface area contributed by atoms with Gasteiger partial charge in [-0.15, -0.1) is 11.3 Å². The van der Waals surface area contributed by atoms with E-state index in [-0.39, 0.29) is 5.82 Å². The molecular weight excluding hydrogens is 261 g/mol. The summed E-state index contributed by atoms with van der Waals surface area (Å²) in [5.41, 5.74) is 2.48. The van der Waals surface area contributed by atoms with Crippen LogP contribution in [0.5, 0.6) is 0 Å². The van der Waals surface area contributed by atoms with Crippen LogP contribution in [0, 0.1) is 5.82 Å². The van der Waals surface area contributed by atoms with Crippen molar-refractivity contribution in [1.29, 1.82) is 0 Å². The second-order valence-corrected chi connectivity index (χ2v) is 5.14. The maximum Gasteiger partial charge on any atom is 0.124 e. The highest BCUT2D eigenvalue weighted by atomic mass is 35.5. The van der Waals surface area contributed by atoms with Crippen molar-refractivity contribution in [2.45, 2.75) is 18.9 Å².